The Kier molecular flexibility index (Phi) is 5.34. The van der Waals surface area contributed by atoms with Crippen LogP contribution in [0, 0.1) is 0 Å². The highest BCUT2D eigenvalue weighted by atomic mass is 32.1. The SMILES string of the molecule is COCCN1C(=O)c2ccccc2[C@@H](C(=O)N2CCc3ccccc32)[C@@H]1c1cccs1. The van der Waals surface area contributed by atoms with Crippen LogP contribution in [0.2, 0.25) is 0 Å². The molecule has 0 aliphatic carbocycles. The highest BCUT2D eigenvalue weighted by molar-refractivity contribution is 7.10. The lowest BCUT2D eigenvalue weighted by Crippen LogP contribution is -2.49. The molecule has 1 aromatic heterocycles. The number of methoxy groups -OCH3 is 1. The summed E-state index contributed by atoms with van der Waals surface area (Å²) in [6.07, 6.45) is 0.853. The number of carbonyl (C=O) groups excluding carboxylic acids is 2. The van der Waals surface area contributed by atoms with Gasteiger partial charge in [0.1, 0.15) is 0 Å². The molecule has 2 amide bonds. The molecule has 5 nitrogen and oxygen atoms in total. The van der Waals surface area contributed by atoms with Crippen LogP contribution in [0.5, 0.6) is 0 Å². The summed E-state index contributed by atoms with van der Waals surface area (Å²) in [6, 6.07) is 19.3. The van der Waals surface area contributed by atoms with Gasteiger partial charge in [0.15, 0.2) is 0 Å². The topological polar surface area (TPSA) is 49.9 Å². The lowest BCUT2D eigenvalue weighted by molar-refractivity contribution is -0.121. The van der Waals surface area contributed by atoms with E-state index < -0.39 is 5.92 Å². The van der Waals surface area contributed by atoms with Crippen molar-refractivity contribution in [2.75, 3.05) is 31.7 Å². The molecule has 6 heteroatoms. The third kappa shape index (κ3) is 3.36. The molecular formula is C25H24N2O3S. The Labute approximate surface area is 185 Å². The van der Waals surface area contributed by atoms with Crippen molar-refractivity contribution in [1.29, 1.82) is 0 Å². The second-order valence-electron chi connectivity index (χ2n) is 7.89. The van der Waals surface area contributed by atoms with Crippen LogP contribution < -0.4 is 4.90 Å². The molecule has 2 aliphatic heterocycles. The average Bonchev–Trinajstić information content (AvgIpc) is 3.48. The predicted molar refractivity (Wildman–Crippen MR) is 122 cm³/mol. The van der Waals surface area contributed by atoms with Gasteiger partial charge in [-0.05, 0) is 41.1 Å². The number of hydrogen-bond donors (Lipinski definition) is 0. The van der Waals surface area contributed by atoms with E-state index in [1.54, 1.807) is 18.4 Å². The van der Waals surface area contributed by atoms with Crippen LogP contribution in [0.15, 0.2) is 66.0 Å². The van der Waals surface area contributed by atoms with Crippen molar-refractivity contribution < 1.29 is 14.3 Å². The molecule has 0 unspecified atom stereocenters. The first kappa shape index (κ1) is 20.0. The third-order valence-corrected chi connectivity index (χ3v) is 7.17. The molecule has 2 aromatic carbocycles. The number of thiophene rings is 1. The number of anilines is 1. The number of nitrogens with zero attached hydrogens (tertiary/aromatic N) is 2. The van der Waals surface area contributed by atoms with Crippen molar-refractivity contribution in [2.45, 2.75) is 18.4 Å². The van der Waals surface area contributed by atoms with Gasteiger partial charge in [-0.3, -0.25) is 9.59 Å². The number of ether oxygens (including phenoxy) is 1. The lowest BCUT2D eigenvalue weighted by Gasteiger charge is -2.42. The zero-order chi connectivity index (χ0) is 21.4. The van der Waals surface area contributed by atoms with Crippen LogP contribution in [-0.4, -0.2) is 43.5 Å². The van der Waals surface area contributed by atoms with Gasteiger partial charge < -0.3 is 14.5 Å². The molecule has 0 bridgehead atoms. The zero-order valence-electron chi connectivity index (χ0n) is 17.4. The maximum atomic E-state index is 14.1. The van der Waals surface area contributed by atoms with Crippen molar-refractivity contribution >= 4 is 28.8 Å². The summed E-state index contributed by atoms with van der Waals surface area (Å²) in [6.45, 7) is 1.52. The van der Waals surface area contributed by atoms with Gasteiger partial charge in [-0.15, -0.1) is 11.3 Å². The van der Waals surface area contributed by atoms with E-state index in [1.807, 2.05) is 69.8 Å². The average molecular weight is 433 g/mol. The fourth-order valence-corrected chi connectivity index (χ4v) is 5.68. The highest BCUT2D eigenvalue weighted by Crippen LogP contribution is 2.46. The highest BCUT2D eigenvalue weighted by Gasteiger charge is 2.46. The molecule has 0 radical (unpaired) electrons. The molecular weight excluding hydrogens is 408 g/mol. The molecule has 2 atom stereocenters. The first-order valence-corrected chi connectivity index (χ1v) is 11.4. The Morgan fingerprint density at radius 3 is 2.71 bits per heavy atom. The van der Waals surface area contributed by atoms with Crippen LogP contribution in [0.3, 0.4) is 0 Å². The third-order valence-electron chi connectivity index (χ3n) is 6.23. The van der Waals surface area contributed by atoms with E-state index in [4.69, 9.17) is 4.74 Å². The van der Waals surface area contributed by atoms with E-state index in [1.165, 1.54) is 5.56 Å². The van der Waals surface area contributed by atoms with Crippen LogP contribution in [0.25, 0.3) is 0 Å². The molecule has 158 valence electrons. The molecule has 3 aromatic rings. The van der Waals surface area contributed by atoms with Crippen LogP contribution in [0.1, 0.15) is 38.3 Å². The van der Waals surface area contributed by atoms with Crippen molar-refractivity contribution in [3.05, 3.63) is 87.6 Å². The van der Waals surface area contributed by atoms with Gasteiger partial charge >= 0.3 is 0 Å². The number of carbonyl (C=O) groups is 2. The van der Waals surface area contributed by atoms with Gasteiger partial charge in [0.2, 0.25) is 5.91 Å². The Balaban J connectivity index is 1.64. The number of benzene rings is 2. The van der Waals surface area contributed by atoms with Crippen LogP contribution >= 0.6 is 11.3 Å². The largest absolute Gasteiger partial charge is 0.383 e. The maximum absolute atomic E-state index is 14.1. The summed E-state index contributed by atoms with van der Waals surface area (Å²) in [5.41, 5.74) is 3.60. The second kappa shape index (κ2) is 8.29. The van der Waals surface area contributed by atoms with Crippen molar-refractivity contribution in [2.24, 2.45) is 0 Å². The number of rotatable bonds is 5. The summed E-state index contributed by atoms with van der Waals surface area (Å²) >= 11 is 1.59. The Bertz CT molecular complexity index is 1110. The summed E-state index contributed by atoms with van der Waals surface area (Å²) < 4.78 is 5.30. The van der Waals surface area contributed by atoms with Gasteiger partial charge in [0, 0.05) is 36.3 Å². The van der Waals surface area contributed by atoms with E-state index in [0.717, 1.165) is 22.5 Å². The first-order valence-electron chi connectivity index (χ1n) is 10.5. The van der Waals surface area contributed by atoms with Gasteiger partial charge in [-0.1, -0.05) is 42.5 Å². The molecule has 0 saturated heterocycles. The Morgan fingerprint density at radius 2 is 1.90 bits per heavy atom. The number of amides is 2. The fourth-order valence-electron chi connectivity index (χ4n) is 4.80. The lowest BCUT2D eigenvalue weighted by atomic mass is 9.81. The van der Waals surface area contributed by atoms with E-state index in [-0.39, 0.29) is 17.9 Å². The summed E-state index contributed by atoms with van der Waals surface area (Å²) in [7, 11) is 1.63. The van der Waals surface area contributed by atoms with E-state index in [2.05, 4.69) is 6.07 Å². The zero-order valence-corrected chi connectivity index (χ0v) is 18.2. The van der Waals surface area contributed by atoms with Gasteiger partial charge in [0.05, 0.1) is 18.6 Å². The number of para-hydroxylation sites is 1. The fraction of sp³-hybridized carbons (Fsp3) is 0.280. The second-order valence-corrected chi connectivity index (χ2v) is 8.86. The summed E-state index contributed by atoms with van der Waals surface area (Å²) in [5.74, 6) is -0.460. The minimum absolute atomic E-state index is 0.0445. The van der Waals surface area contributed by atoms with E-state index >= 15 is 0 Å². The first-order chi connectivity index (χ1) is 15.2. The number of hydrogen-bond acceptors (Lipinski definition) is 4. The summed E-state index contributed by atoms with van der Waals surface area (Å²) in [4.78, 5) is 32.3. The van der Waals surface area contributed by atoms with Crippen LogP contribution in [0.4, 0.5) is 5.69 Å². The molecule has 2 aliphatic rings. The normalized spacial score (nSPS) is 20.0. The molecule has 0 spiro atoms. The van der Waals surface area contributed by atoms with Gasteiger partial charge in [-0.2, -0.15) is 0 Å². The number of fused-ring (bicyclic) bond motifs is 2. The van der Waals surface area contributed by atoms with Gasteiger partial charge in [0.25, 0.3) is 5.91 Å². The maximum Gasteiger partial charge on any atom is 0.254 e. The quantitative estimate of drug-likeness (QED) is 0.605. The minimum atomic E-state index is -0.462. The molecule has 5 rings (SSSR count). The smallest absolute Gasteiger partial charge is 0.254 e. The Hall–Kier alpha value is -2.96. The summed E-state index contributed by atoms with van der Waals surface area (Å²) in [5, 5.41) is 2.00. The van der Waals surface area contributed by atoms with Crippen molar-refractivity contribution in [1.82, 2.24) is 4.90 Å². The molecule has 0 saturated carbocycles. The van der Waals surface area contributed by atoms with E-state index in [0.29, 0.717) is 25.3 Å². The minimum Gasteiger partial charge on any atom is -0.383 e. The van der Waals surface area contributed by atoms with Crippen molar-refractivity contribution in [3.63, 3.8) is 0 Å². The molecule has 0 fully saturated rings. The Morgan fingerprint density at radius 1 is 1.10 bits per heavy atom. The van der Waals surface area contributed by atoms with Gasteiger partial charge in [-0.25, -0.2) is 0 Å². The molecule has 31 heavy (non-hydrogen) atoms. The monoisotopic (exact) mass is 432 g/mol. The van der Waals surface area contributed by atoms with Crippen molar-refractivity contribution in [3.8, 4) is 0 Å². The molecule has 3 heterocycles. The van der Waals surface area contributed by atoms with Crippen LogP contribution in [-0.2, 0) is 16.0 Å². The van der Waals surface area contributed by atoms with E-state index in [9.17, 15) is 9.59 Å². The standard InChI is InChI=1S/C25H24N2O3S/c1-30-15-14-27-23(21-11-6-16-31-21)22(18-8-3-4-9-19(18)24(27)28)25(29)26-13-12-17-7-2-5-10-20(17)26/h2-11,16,22-23H,12-15H2,1H3/t22-,23+/m1/s1. The molecule has 0 N–H and O–H groups in total. The predicted octanol–water partition coefficient (Wildman–Crippen LogP) is 4.26.